The Hall–Kier alpha value is -2.37. The molecule has 6 heteroatoms. The summed E-state index contributed by atoms with van der Waals surface area (Å²) in [6.45, 7) is 11.6. The maximum atomic E-state index is 12.9. The molecule has 1 atom stereocenters. The Morgan fingerprint density at radius 2 is 1.62 bits per heavy atom. The van der Waals surface area contributed by atoms with Gasteiger partial charge in [0.25, 0.3) is 0 Å². The van der Waals surface area contributed by atoms with Crippen LogP contribution in [0, 0.1) is 25.7 Å². The van der Waals surface area contributed by atoms with E-state index in [1.165, 1.54) is 0 Å². The molecule has 0 saturated carbocycles. The fourth-order valence-electron chi connectivity index (χ4n) is 4.38. The number of hydrogen-bond donors (Lipinski definition) is 1. The number of nitrogens with zero attached hydrogens (tertiary/aromatic N) is 2. The van der Waals surface area contributed by atoms with Crippen LogP contribution in [0.5, 0.6) is 0 Å². The molecule has 1 unspecified atom stereocenters. The van der Waals surface area contributed by atoms with Gasteiger partial charge in [-0.2, -0.15) is 0 Å². The first kappa shape index (κ1) is 21.3. The van der Waals surface area contributed by atoms with Crippen LogP contribution in [0.25, 0.3) is 0 Å². The minimum atomic E-state index is -0.262. The highest BCUT2D eigenvalue weighted by Crippen LogP contribution is 2.29. The van der Waals surface area contributed by atoms with E-state index < -0.39 is 0 Å². The molecule has 0 aliphatic carbocycles. The molecule has 158 valence electrons. The van der Waals surface area contributed by atoms with Crippen LogP contribution in [0.2, 0.25) is 0 Å². The summed E-state index contributed by atoms with van der Waals surface area (Å²) in [7, 11) is 0. The average Bonchev–Trinajstić information content (AvgIpc) is 3.06. The number of amides is 3. The van der Waals surface area contributed by atoms with Crippen LogP contribution < -0.4 is 5.32 Å². The molecule has 2 aliphatic rings. The topological polar surface area (TPSA) is 69.7 Å². The van der Waals surface area contributed by atoms with Crippen molar-refractivity contribution in [2.45, 2.75) is 59.4 Å². The number of carbonyl (C=O) groups excluding carboxylic acids is 3. The summed E-state index contributed by atoms with van der Waals surface area (Å²) in [5.74, 6) is -0.210. The molecule has 3 rings (SSSR count). The van der Waals surface area contributed by atoms with Gasteiger partial charge in [0.05, 0.1) is 5.92 Å². The number of hydrogen-bond acceptors (Lipinski definition) is 3. The van der Waals surface area contributed by atoms with E-state index in [0.717, 1.165) is 16.8 Å². The van der Waals surface area contributed by atoms with E-state index in [4.69, 9.17) is 0 Å². The fourth-order valence-corrected chi connectivity index (χ4v) is 4.38. The van der Waals surface area contributed by atoms with Crippen LogP contribution in [-0.4, -0.2) is 52.7 Å². The number of likely N-dealkylation sites (tertiary alicyclic amines) is 2. The van der Waals surface area contributed by atoms with Gasteiger partial charge in [-0.05, 0) is 58.6 Å². The molecule has 0 radical (unpaired) electrons. The molecule has 1 aromatic rings. The minimum absolute atomic E-state index is 0.0319. The first-order valence-corrected chi connectivity index (χ1v) is 10.5. The minimum Gasteiger partial charge on any atom is -0.342 e. The molecule has 2 heterocycles. The van der Waals surface area contributed by atoms with Gasteiger partial charge in [0.15, 0.2) is 0 Å². The Kier molecular flexibility index (Phi) is 6.01. The van der Waals surface area contributed by atoms with Gasteiger partial charge in [-0.15, -0.1) is 0 Å². The first-order chi connectivity index (χ1) is 13.6. The van der Waals surface area contributed by atoms with Gasteiger partial charge in [0, 0.05) is 43.2 Å². The molecule has 0 spiro atoms. The van der Waals surface area contributed by atoms with Crippen molar-refractivity contribution in [3.05, 3.63) is 29.3 Å². The van der Waals surface area contributed by atoms with Gasteiger partial charge < -0.3 is 15.1 Å². The normalized spacial score (nSPS) is 20.9. The maximum Gasteiger partial charge on any atom is 0.227 e. The summed E-state index contributed by atoms with van der Waals surface area (Å²) in [5.41, 5.74) is 2.74. The van der Waals surface area contributed by atoms with Gasteiger partial charge in [0.2, 0.25) is 17.7 Å². The molecule has 6 nitrogen and oxygen atoms in total. The number of benzene rings is 1. The largest absolute Gasteiger partial charge is 0.342 e. The maximum absolute atomic E-state index is 12.9. The number of para-hydroxylation sites is 1. The second-order valence-corrected chi connectivity index (χ2v) is 9.43. The summed E-state index contributed by atoms with van der Waals surface area (Å²) in [5, 5.41) is 3.08. The molecule has 2 fully saturated rings. The van der Waals surface area contributed by atoms with Crippen molar-refractivity contribution in [3.8, 4) is 0 Å². The predicted molar refractivity (Wildman–Crippen MR) is 113 cm³/mol. The van der Waals surface area contributed by atoms with Crippen molar-refractivity contribution >= 4 is 23.4 Å². The molecule has 0 bridgehead atoms. The summed E-state index contributed by atoms with van der Waals surface area (Å²) < 4.78 is 0. The van der Waals surface area contributed by atoms with E-state index in [2.05, 4.69) is 5.32 Å². The van der Waals surface area contributed by atoms with Crippen LogP contribution in [0.15, 0.2) is 18.2 Å². The Morgan fingerprint density at radius 3 is 2.14 bits per heavy atom. The van der Waals surface area contributed by atoms with Crippen LogP contribution >= 0.6 is 0 Å². The van der Waals surface area contributed by atoms with E-state index in [1.807, 2.05) is 57.7 Å². The van der Waals surface area contributed by atoms with Crippen molar-refractivity contribution in [1.82, 2.24) is 9.80 Å². The molecule has 2 saturated heterocycles. The molecular formula is C23H33N3O3. The van der Waals surface area contributed by atoms with Crippen molar-refractivity contribution < 1.29 is 14.4 Å². The zero-order valence-corrected chi connectivity index (χ0v) is 18.2. The van der Waals surface area contributed by atoms with Gasteiger partial charge in [-0.25, -0.2) is 0 Å². The lowest BCUT2D eigenvalue weighted by Crippen LogP contribution is -2.46. The third-order valence-corrected chi connectivity index (χ3v) is 6.19. The molecule has 29 heavy (non-hydrogen) atoms. The lowest BCUT2D eigenvalue weighted by Gasteiger charge is -2.34. The third-order valence-electron chi connectivity index (χ3n) is 6.19. The van der Waals surface area contributed by atoms with Crippen LogP contribution in [0.1, 0.15) is 51.2 Å². The highest BCUT2D eigenvalue weighted by atomic mass is 16.2. The van der Waals surface area contributed by atoms with Gasteiger partial charge in [0.1, 0.15) is 0 Å². The first-order valence-electron chi connectivity index (χ1n) is 10.5. The van der Waals surface area contributed by atoms with Gasteiger partial charge >= 0.3 is 0 Å². The van der Waals surface area contributed by atoms with E-state index >= 15 is 0 Å². The lowest BCUT2D eigenvalue weighted by molar-refractivity contribution is -0.138. The van der Waals surface area contributed by atoms with Crippen LogP contribution in [-0.2, 0) is 14.4 Å². The summed E-state index contributed by atoms with van der Waals surface area (Å²) in [4.78, 5) is 41.6. The molecule has 1 aromatic carbocycles. The Labute approximate surface area is 173 Å². The second kappa shape index (κ2) is 8.17. The smallest absolute Gasteiger partial charge is 0.227 e. The van der Waals surface area contributed by atoms with Gasteiger partial charge in [-0.1, -0.05) is 18.2 Å². The quantitative estimate of drug-likeness (QED) is 0.849. The number of nitrogens with one attached hydrogen (secondary N) is 1. The summed E-state index contributed by atoms with van der Waals surface area (Å²) >= 11 is 0. The van der Waals surface area contributed by atoms with E-state index in [1.54, 1.807) is 4.90 Å². The second-order valence-electron chi connectivity index (χ2n) is 9.43. The standard InChI is InChI=1S/C23H33N3O3/c1-15-7-6-8-16(2)20(15)24-21(28)17-9-11-25(12-10-17)22(29)18-13-19(27)26(14-18)23(3,4)5/h6-8,17-18H,9-14H2,1-5H3,(H,24,28). The molecule has 2 aliphatic heterocycles. The molecule has 0 aromatic heterocycles. The number of anilines is 1. The number of piperidine rings is 1. The van der Waals surface area contributed by atoms with Crippen LogP contribution in [0.3, 0.4) is 0 Å². The molecule has 3 amide bonds. The SMILES string of the molecule is Cc1cccc(C)c1NC(=O)C1CCN(C(=O)C2CC(=O)N(C(C)(C)C)C2)CC1. The highest BCUT2D eigenvalue weighted by molar-refractivity contribution is 5.94. The zero-order valence-electron chi connectivity index (χ0n) is 18.2. The van der Waals surface area contributed by atoms with E-state index in [9.17, 15) is 14.4 Å². The Morgan fingerprint density at radius 1 is 1.03 bits per heavy atom. The van der Waals surface area contributed by atoms with Crippen molar-refractivity contribution in [2.24, 2.45) is 11.8 Å². The number of rotatable bonds is 3. The van der Waals surface area contributed by atoms with Crippen LogP contribution in [0.4, 0.5) is 5.69 Å². The van der Waals surface area contributed by atoms with E-state index in [0.29, 0.717) is 38.9 Å². The average molecular weight is 400 g/mol. The number of aryl methyl sites for hydroxylation is 2. The number of carbonyl (C=O) groups is 3. The third kappa shape index (κ3) is 4.62. The monoisotopic (exact) mass is 399 g/mol. The van der Waals surface area contributed by atoms with Crippen molar-refractivity contribution in [1.29, 1.82) is 0 Å². The predicted octanol–water partition coefficient (Wildman–Crippen LogP) is 3.13. The van der Waals surface area contributed by atoms with Crippen molar-refractivity contribution in [3.63, 3.8) is 0 Å². The molecule has 1 N–H and O–H groups in total. The molecular weight excluding hydrogens is 366 g/mol. The summed E-state index contributed by atoms with van der Waals surface area (Å²) in [6, 6.07) is 5.97. The summed E-state index contributed by atoms with van der Waals surface area (Å²) in [6.07, 6.45) is 1.61. The van der Waals surface area contributed by atoms with E-state index in [-0.39, 0.29) is 35.1 Å². The van der Waals surface area contributed by atoms with Crippen molar-refractivity contribution in [2.75, 3.05) is 25.0 Å². The fraction of sp³-hybridized carbons (Fsp3) is 0.609. The highest BCUT2D eigenvalue weighted by Gasteiger charge is 2.41. The lowest BCUT2D eigenvalue weighted by atomic mass is 9.94. The van der Waals surface area contributed by atoms with Gasteiger partial charge in [-0.3, -0.25) is 14.4 Å². The Bertz CT molecular complexity index is 784. The Balaban J connectivity index is 1.54. The zero-order chi connectivity index (χ0) is 21.3.